The fourth-order valence-electron chi connectivity index (χ4n) is 2.88. The molecule has 1 aromatic rings. The normalized spacial score (nSPS) is 14.0. The highest BCUT2D eigenvalue weighted by Crippen LogP contribution is 2.12. The lowest BCUT2D eigenvalue weighted by Gasteiger charge is -2.23. The number of nitrogens with two attached hydrogens (primary N) is 3. The number of aliphatic hydroxyl groups excluding tert-OH is 1. The first-order valence-electron chi connectivity index (χ1n) is 10.8. The van der Waals surface area contributed by atoms with Gasteiger partial charge in [-0.3, -0.25) is 19.4 Å². The minimum Gasteiger partial charge on any atom is -0.508 e. The molecule has 0 saturated carbocycles. The number of nitrogens with zero attached hydrogens (tertiary/aromatic N) is 1. The summed E-state index contributed by atoms with van der Waals surface area (Å²) in [5, 5.41) is 35.1. The number of nitrogens with one attached hydrogen (secondary N) is 3. The molecule has 1 aromatic carbocycles. The summed E-state index contributed by atoms with van der Waals surface area (Å²) in [7, 11) is 0. The minimum atomic E-state index is -1.32. The number of phenols is 1. The van der Waals surface area contributed by atoms with E-state index in [1.54, 1.807) is 0 Å². The Morgan fingerprint density at radius 2 is 1.57 bits per heavy atom. The number of carbonyl (C=O) groups is 4. The number of aromatic hydroxyl groups is 1. The van der Waals surface area contributed by atoms with E-state index in [9.17, 15) is 29.4 Å². The molecule has 0 aliphatic carbocycles. The standard InChI is InChI=1S/C21H33N7O7/c1-11(26-18(32)14(22)10-29)17(31)27-15(3-2-8-25-21(23)24)19(33)28-16(20(34)35)9-12-4-6-13(30)7-5-12/h4-7,11,14-16,29-30H,2-3,8-10,22H2,1H3,(H,26,32)(H,27,31)(H,28,33)(H,34,35)(H4,23,24,25). The first-order chi connectivity index (χ1) is 16.4. The van der Waals surface area contributed by atoms with Crippen LogP contribution in [0.4, 0.5) is 0 Å². The zero-order valence-electron chi connectivity index (χ0n) is 19.3. The number of carbonyl (C=O) groups excluding carboxylic acids is 3. The molecule has 0 bridgehead atoms. The van der Waals surface area contributed by atoms with E-state index >= 15 is 0 Å². The third kappa shape index (κ3) is 10.7. The molecule has 0 fully saturated rings. The topological polar surface area (TPSA) is 255 Å². The summed E-state index contributed by atoms with van der Waals surface area (Å²) < 4.78 is 0. The fourth-order valence-corrected chi connectivity index (χ4v) is 2.88. The predicted octanol–water partition coefficient (Wildman–Crippen LogP) is -3.13. The van der Waals surface area contributed by atoms with Gasteiger partial charge >= 0.3 is 5.97 Å². The van der Waals surface area contributed by atoms with E-state index in [2.05, 4.69) is 20.9 Å². The second-order valence-corrected chi connectivity index (χ2v) is 7.80. The van der Waals surface area contributed by atoms with E-state index in [4.69, 9.17) is 22.3 Å². The molecular weight excluding hydrogens is 462 g/mol. The molecular formula is C21H33N7O7. The van der Waals surface area contributed by atoms with E-state index in [-0.39, 0.29) is 37.5 Å². The Morgan fingerprint density at radius 1 is 0.971 bits per heavy atom. The number of guanidine groups is 1. The molecule has 0 aliphatic rings. The van der Waals surface area contributed by atoms with Crippen LogP contribution in [-0.4, -0.2) is 82.3 Å². The van der Waals surface area contributed by atoms with Crippen LogP contribution in [0.15, 0.2) is 29.3 Å². The number of hydrogen-bond donors (Lipinski definition) is 9. The highest BCUT2D eigenvalue weighted by molar-refractivity contribution is 5.93. The summed E-state index contributed by atoms with van der Waals surface area (Å²) in [4.78, 5) is 52.8. The van der Waals surface area contributed by atoms with Crippen molar-refractivity contribution in [1.82, 2.24) is 16.0 Å². The second kappa shape index (κ2) is 14.4. The van der Waals surface area contributed by atoms with Gasteiger partial charge in [-0.1, -0.05) is 12.1 Å². The predicted molar refractivity (Wildman–Crippen MR) is 126 cm³/mol. The van der Waals surface area contributed by atoms with E-state index in [0.29, 0.717) is 5.56 Å². The molecule has 0 radical (unpaired) electrons. The molecule has 0 aliphatic heterocycles. The van der Waals surface area contributed by atoms with Crippen molar-refractivity contribution in [1.29, 1.82) is 0 Å². The molecule has 14 nitrogen and oxygen atoms in total. The van der Waals surface area contributed by atoms with E-state index in [1.165, 1.54) is 31.2 Å². The molecule has 194 valence electrons. The average molecular weight is 496 g/mol. The molecule has 4 unspecified atom stereocenters. The monoisotopic (exact) mass is 495 g/mol. The van der Waals surface area contributed by atoms with Crippen molar-refractivity contribution in [2.24, 2.45) is 22.2 Å². The van der Waals surface area contributed by atoms with Crippen LogP contribution in [0.25, 0.3) is 0 Å². The van der Waals surface area contributed by atoms with Crippen molar-refractivity contribution in [2.45, 2.75) is 50.4 Å². The van der Waals surface area contributed by atoms with Crippen LogP contribution in [0.2, 0.25) is 0 Å². The number of aliphatic imine (C=N–C) groups is 1. The molecule has 0 spiro atoms. The zero-order valence-corrected chi connectivity index (χ0v) is 19.3. The lowest BCUT2D eigenvalue weighted by Crippen LogP contribution is -2.56. The molecule has 12 N–H and O–H groups in total. The van der Waals surface area contributed by atoms with Gasteiger partial charge in [-0.15, -0.1) is 0 Å². The Bertz CT molecular complexity index is 904. The summed E-state index contributed by atoms with van der Waals surface area (Å²) >= 11 is 0. The molecule has 0 aromatic heterocycles. The molecule has 4 atom stereocenters. The fraction of sp³-hybridized carbons (Fsp3) is 0.476. The van der Waals surface area contributed by atoms with Gasteiger partial charge in [0.05, 0.1) is 6.61 Å². The van der Waals surface area contributed by atoms with E-state index in [1.807, 2.05) is 0 Å². The van der Waals surface area contributed by atoms with E-state index in [0.717, 1.165) is 0 Å². The second-order valence-electron chi connectivity index (χ2n) is 7.80. The molecule has 3 amide bonds. The van der Waals surface area contributed by atoms with Gasteiger partial charge in [0.25, 0.3) is 0 Å². The van der Waals surface area contributed by atoms with Crippen LogP contribution in [0, 0.1) is 0 Å². The summed E-state index contributed by atoms with van der Waals surface area (Å²) in [6, 6.07) is 1.02. The van der Waals surface area contributed by atoms with Gasteiger partial charge < -0.3 is 48.5 Å². The number of rotatable bonds is 14. The van der Waals surface area contributed by atoms with Crippen molar-refractivity contribution in [3.05, 3.63) is 29.8 Å². The van der Waals surface area contributed by atoms with Crippen LogP contribution in [0.3, 0.4) is 0 Å². The number of aliphatic carboxylic acids is 1. The summed E-state index contributed by atoms with van der Waals surface area (Å²) in [6.07, 6.45) is 0.278. The van der Waals surface area contributed by atoms with Crippen LogP contribution >= 0.6 is 0 Å². The van der Waals surface area contributed by atoms with Crippen molar-refractivity contribution in [2.75, 3.05) is 13.2 Å². The molecule has 35 heavy (non-hydrogen) atoms. The smallest absolute Gasteiger partial charge is 0.326 e. The number of aliphatic hydroxyl groups is 1. The first kappa shape index (κ1) is 29.1. The van der Waals surface area contributed by atoms with Crippen LogP contribution < -0.4 is 33.2 Å². The lowest BCUT2D eigenvalue weighted by atomic mass is 10.0. The molecule has 0 heterocycles. The summed E-state index contributed by atoms with van der Waals surface area (Å²) in [5.74, 6) is -3.68. The third-order valence-corrected chi connectivity index (χ3v) is 4.85. The minimum absolute atomic E-state index is 0.00867. The number of carboxylic acids is 1. The highest BCUT2D eigenvalue weighted by atomic mass is 16.4. The van der Waals surface area contributed by atoms with Gasteiger partial charge in [0.2, 0.25) is 17.7 Å². The zero-order chi connectivity index (χ0) is 26.5. The van der Waals surface area contributed by atoms with Crippen molar-refractivity contribution < 1.29 is 34.5 Å². The van der Waals surface area contributed by atoms with Gasteiger partial charge in [0.15, 0.2) is 5.96 Å². The Labute approximate surface area is 201 Å². The Hall–Kier alpha value is -3.91. The van der Waals surface area contributed by atoms with Gasteiger partial charge in [-0.2, -0.15) is 0 Å². The maximum atomic E-state index is 12.9. The lowest BCUT2D eigenvalue weighted by molar-refractivity contribution is -0.142. The van der Waals surface area contributed by atoms with Crippen molar-refractivity contribution in [3.63, 3.8) is 0 Å². The molecule has 1 rings (SSSR count). The maximum absolute atomic E-state index is 12.9. The molecule has 14 heteroatoms. The maximum Gasteiger partial charge on any atom is 0.326 e. The van der Waals surface area contributed by atoms with Crippen LogP contribution in [0.1, 0.15) is 25.3 Å². The Balaban J connectivity index is 2.92. The molecule has 0 saturated heterocycles. The number of benzene rings is 1. The van der Waals surface area contributed by atoms with Crippen molar-refractivity contribution in [3.8, 4) is 5.75 Å². The van der Waals surface area contributed by atoms with E-state index < -0.39 is 54.5 Å². The SMILES string of the molecule is CC(NC(=O)C(N)CO)C(=O)NC(CCCN=C(N)N)C(=O)NC(Cc1ccc(O)cc1)C(=O)O. The first-order valence-corrected chi connectivity index (χ1v) is 10.8. The average Bonchev–Trinajstić information content (AvgIpc) is 2.80. The number of hydrogen-bond acceptors (Lipinski definition) is 8. The summed E-state index contributed by atoms with van der Waals surface area (Å²) in [6.45, 7) is 0.902. The number of carboxylic acid groups (broad SMARTS) is 1. The van der Waals surface area contributed by atoms with Gasteiger partial charge in [-0.25, -0.2) is 4.79 Å². The number of phenolic OH excluding ortho intramolecular Hbond substituents is 1. The quantitative estimate of drug-likeness (QED) is 0.0712. The van der Waals surface area contributed by atoms with Crippen LogP contribution in [0.5, 0.6) is 5.75 Å². The van der Waals surface area contributed by atoms with Gasteiger partial charge in [0, 0.05) is 13.0 Å². The summed E-state index contributed by atoms with van der Waals surface area (Å²) in [5.41, 5.74) is 16.5. The highest BCUT2D eigenvalue weighted by Gasteiger charge is 2.28. The van der Waals surface area contributed by atoms with Gasteiger partial charge in [0.1, 0.15) is 29.9 Å². The van der Waals surface area contributed by atoms with Crippen LogP contribution in [-0.2, 0) is 25.6 Å². The largest absolute Gasteiger partial charge is 0.508 e. The Morgan fingerprint density at radius 3 is 2.11 bits per heavy atom. The number of amides is 3. The van der Waals surface area contributed by atoms with Gasteiger partial charge in [-0.05, 0) is 37.5 Å². The van der Waals surface area contributed by atoms with Crippen molar-refractivity contribution >= 4 is 29.7 Å². The third-order valence-electron chi connectivity index (χ3n) is 4.85. The Kier molecular flexibility index (Phi) is 12.0.